The van der Waals surface area contributed by atoms with Crippen LogP contribution in [-0.2, 0) is 13.6 Å². The van der Waals surface area contributed by atoms with E-state index in [4.69, 9.17) is 0 Å². The molecular weight excluding hydrogens is 288 g/mol. The van der Waals surface area contributed by atoms with Gasteiger partial charge >= 0.3 is 0 Å². The Morgan fingerprint density at radius 3 is 2.48 bits per heavy atom. The lowest BCUT2D eigenvalue weighted by molar-refractivity contribution is 0.255. The number of nitrogens with one attached hydrogen (secondary N) is 2. The van der Waals surface area contributed by atoms with Gasteiger partial charge in [-0.25, -0.2) is 4.98 Å². The summed E-state index contributed by atoms with van der Waals surface area (Å²) in [6.45, 7) is 5.41. The van der Waals surface area contributed by atoms with Crippen LogP contribution in [0.15, 0.2) is 11.2 Å². The number of imidazole rings is 1. The second-order valence-corrected chi connectivity index (χ2v) is 7.19. The van der Waals surface area contributed by atoms with E-state index in [1.54, 1.807) is 0 Å². The van der Waals surface area contributed by atoms with Crippen molar-refractivity contribution in [2.45, 2.75) is 45.7 Å². The molecule has 0 radical (unpaired) electrons. The van der Waals surface area contributed by atoms with Crippen LogP contribution in [0.1, 0.15) is 38.8 Å². The van der Waals surface area contributed by atoms with Crippen LogP contribution in [0, 0.1) is 11.8 Å². The van der Waals surface area contributed by atoms with Gasteiger partial charge in [0.05, 0.1) is 18.4 Å². The smallest absolute Gasteiger partial charge is 0.204 e. The fourth-order valence-electron chi connectivity index (χ4n) is 3.64. The maximum atomic E-state index is 4.44. The first-order chi connectivity index (χ1) is 10.9. The van der Waals surface area contributed by atoms with Crippen LogP contribution in [-0.4, -0.2) is 42.7 Å². The molecule has 0 aliphatic heterocycles. The number of guanidine groups is 1. The zero-order chi connectivity index (χ0) is 17.0. The largest absolute Gasteiger partial charge is 0.354 e. The van der Waals surface area contributed by atoms with Crippen molar-refractivity contribution < 1.29 is 0 Å². The average molecular weight is 320 g/mol. The lowest BCUT2D eigenvalue weighted by Crippen LogP contribution is -2.46. The van der Waals surface area contributed by atoms with Crippen LogP contribution in [0.4, 0.5) is 5.95 Å². The molecular formula is C17H32N6. The van der Waals surface area contributed by atoms with Gasteiger partial charge in [-0.05, 0) is 31.1 Å². The molecule has 1 saturated carbocycles. The zero-order valence-electron chi connectivity index (χ0n) is 15.4. The van der Waals surface area contributed by atoms with Crippen molar-refractivity contribution >= 4 is 11.9 Å². The normalized spacial score (nSPS) is 25.3. The van der Waals surface area contributed by atoms with Crippen LogP contribution < -0.4 is 15.5 Å². The lowest BCUT2D eigenvalue weighted by Gasteiger charge is -2.32. The minimum atomic E-state index is 0.517. The number of nitrogens with zero attached hydrogens (tertiary/aromatic N) is 4. The maximum Gasteiger partial charge on any atom is 0.204 e. The maximum absolute atomic E-state index is 4.44. The lowest BCUT2D eigenvalue weighted by atomic mass is 9.80. The van der Waals surface area contributed by atoms with Gasteiger partial charge in [-0.3, -0.25) is 4.99 Å². The Balaban J connectivity index is 1.90. The highest BCUT2D eigenvalue weighted by Crippen LogP contribution is 2.28. The molecule has 0 spiro atoms. The molecule has 6 nitrogen and oxygen atoms in total. The van der Waals surface area contributed by atoms with E-state index >= 15 is 0 Å². The molecule has 2 unspecified atom stereocenters. The highest BCUT2D eigenvalue weighted by molar-refractivity contribution is 5.79. The quantitative estimate of drug-likeness (QED) is 0.658. The van der Waals surface area contributed by atoms with Gasteiger partial charge in [0, 0.05) is 34.2 Å². The summed E-state index contributed by atoms with van der Waals surface area (Å²) in [5.74, 6) is 3.41. The van der Waals surface area contributed by atoms with Crippen molar-refractivity contribution in [3.8, 4) is 0 Å². The molecule has 1 aromatic rings. The fraction of sp³-hybridized carbons (Fsp3) is 0.765. The SMILES string of the molecule is CN=C(NCc1cnc(N(C)C)n1C)NC1CC(C)CC(C)C1. The minimum Gasteiger partial charge on any atom is -0.354 e. The van der Waals surface area contributed by atoms with Crippen LogP contribution in [0.2, 0.25) is 0 Å². The Labute approximate surface area is 140 Å². The van der Waals surface area contributed by atoms with E-state index in [-0.39, 0.29) is 0 Å². The molecule has 1 aliphatic rings. The first-order valence-corrected chi connectivity index (χ1v) is 8.55. The number of rotatable bonds is 4. The summed E-state index contributed by atoms with van der Waals surface area (Å²) in [5.41, 5.74) is 1.14. The molecule has 130 valence electrons. The molecule has 2 N–H and O–H groups in total. The molecule has 0 saturated heterocycles. The Kier molecular flexibility index (Phi) is 5.91. The van der Waals surface area contributed by atoms with E-state index in [1.165, 1.54) is 19.3 Å². The topological polar surface area (TPSA) is 57.5 Å². The van der Waals surface area contributed by atoms with Gasteiger partial charge in [0.25, 0.3) is 0 Å². The number of hydrogen-bond donors (Lipinski definition) is 2. The van der Waals surface area contributed by atoms with Gasteiger partial charge in [-0.1, -0.05) is 13.8 Å². The summed E-state index contributed by atoms with van der Waals surface area (Å²) in [5, 5.41) is 7.00. The van der Waals surface area contributed by atoms with Gasteiger partial charge in [0.1, 0.15) is 0 Å². The predicted molar refractivity (Wildman–Crippen MR) is 96.8 cm³/mol. The summed E-state index contributed by atoms with van der Waals surface area (Å²) in [7, 11) is 7.89. The summed E-state index contributed by atoms with van der Waals surface area (Å²) in [6.07, 6.45) is 5.70. The highest BCUT2D eigenvalue weighted by Gasteiger charge is 2.24. The van der Waals surface area contributed by atoms with Crippen molar-refractivity contribution in [3.63, 3.8) is 0 Å². The first-order valence-electron chi connectivity index (χ1n) is 8.55. The van der Waals surface area contributed by atoms with E-state index in [9.17, 15) is 0 Å². The van der Waals surface area contributed by atoms with E-state index in [0.717, 1.165) is 36.0 Å². The summed E-state index contributed by atoms with van der Waals surface area (Å²) >= 11 is 0. The van der Waals surface area contributed by atoms with Crippen molar-refractivity contribution in [2.75, 3.05) is 26.0 Å². The van der Waals surface area contributed by atoms with Crippen molar-refractivity contribution in [1.82, 2.24) is 20.2 Å². The number of aromatic nitrogens is 2. The molecule has 2 atom stereocenters. The minimum absolute atomic E-state index is 0.517. The standard InChI is InChI=1S/C17H32N6/c1-12-7-13(2)9-14(8-12)21-16(18-3)19-10-15-11-20-17(22(4)5)23(15)6/h11-14H,7-10H2,1-6H3,(H2,18,19,21). The fourth-order valence-corrected chi connectivity index (χ4v) is 3.64. The second kappa shape index (κ2) is 7.70. The third-order valence-electron chi connectivity index (χ3n) is 4.64. The summed E-state index contributed by atoms with van der Waals surface area (Å²) in [6, 6.07) is 0.517. The van der Waals surface area contributed by atoms with E-state index in [0.29, 0.717) is 6.04 Å². The third kappa shape index (κ3) is 4.62. The molecule has 1 fully saturated rings. The number of anilines is 1. The molecule has 0 amide bonds. The summed E-state index contributed by atoms with van der Waals surface area (Å²) in [4.78, 5) is 10.8. The van der Waals surface area contributed by atoms with Crippen molar-refractivity contribution in [2.24, 2.45) is 23.9 Å². The molecule has 1 heterocycles. The van der Waals surface area contributed by atoms with E-state index in [1.807, 2.05) is 39.3 Å². The van der Waals surface area contributed by atoms with E-state index < -0.39 is 0 Å². The van der Waals surface area contributed by atoms with Gasteiger partial charge in [-0.2, -0.15) is 0 Å². The van der Waals surface area contributed by atoms with Crippen molar-refractivity contribution in [3.05, 3.63) is 11.9 Å². The molecule has 1 aromatic heterocycles. The number of aliphatic imine (C=N–C) groups is 1. The van der Waals surface area contributed by atoms with Gasteiger partial charge in [0.2, 0.25) is 5.95 Å². The first kappa shape index (κ1) is 17.6. The van der Waals surface area contributed by atoms with Crippen molar-refractivity contribution in [1.29, 1.82) is 0 Å². The van der Waals surface area contributed by atoms with Crippen LogP contribution in [0.25, 0.3) is 0 Å². The van der Waals surface area contributed by atoms with Crippen LogP contribution >= 0.6 is 0 Å². The average Bonchev–Trinajstić information content (AvgIpc) is 2.83. The molecule has 0 bridgehead atoms. The molecule has 23 heavy (non-hydrogen) atoms. The molecule has 1 aliphatic carbocycles. The van der Waals surface area contributed by atoms with Gasteiger partial charge in [-0.15, -0.1) is 0 Å². The predicted octanol–water partition coefficient (Wildman–Crippen LogP) is 1.98. The Morgan fingerprint density at radius 1 is 1.30 bits per heavy atom. The monoisotopic (exact) mass is 320 g/mol. The number of hydrogen-bond acceptors (Lipinski definition) is 3. The Morgan fingerprint density at radius 2 is 1.96 bits per heavy atom. The molecule has 6 heteroatoms. The molecule has 0 aromatic carbocycles. The van der Waals surface area contributed by atoms with Gasteiger partial charge < -0.3 is 20.1 Å². The van der Waals surface area contributed by atoms with Crippen LogP contribution in [0.5, 0.6) is 0 Å². The zero-order valence-corrected chi connectivity index (χ0v) is 15.4. The second-order valence-electron chi connectivity index (χ2n) is 7.19. The van der Waals surface area contributed by atoms with Crippen LogP contribution in [0.3, 0.4) is 0 Å². The Hall–Kier alpha value is -1.72. The highest BCUT2D eigenvalue weighted by atomic mass is 15.3. The Bertz CT molecular complexity index is 523. The van der Waals surface area contributed by atoms with E-state index in [2.05, 4.69) is 39.0 Å². The third-order valence-corrected chi connectivity index (χ3v) is 4.64. The van der Waals surface area contributed by atoms with Gasteiger partial charge in [0.15, 0.2) is 5.96 Å². The summed E-state index contributed by atoms with van der Waals surface area (Å²) < 4.78 is 2.10. The molecule has 2 rings (SSSR count).